The fraction of sp³-hybridized carbons (Fsp3) is 0.500. The van der Waals surface area contributed by atoms with Crippen molar-refractivity contribution in [2.45, 2.75) is 33.1 Å². The summed E-state index contributed by atoms with van der Waals surface area (Å²) in [7, 11) is 0. The van der Waals surface area contributed by atoms with E-state index in [2.05, 4.69) is 5.01 Å². The van der Waals surface area contributed by atoms with Crippen LogP contribution in [0.25, 0.3) is 0 Å². The smallest absolute Gasteiger partial charge is 0.338 e. The summed E-state index contributed by atoms with van der Waals surface area (Å²) >= 11 is 0. The first-order chi connectivity index (χ1) is 10.1. The average Bonchev–Trinajstić information content (AvgIpc) is 2.49. The van der Waals surface area contributed by atoms with Crippen molar-refractivity contribution in [3.63, 3.8) is 0 Å². The van der Waals surface area contributed by atoms with Crippen LogP contribution in [0.15, 0.2) is 24.3 Å². The molecule has 0 atom stereocenters. The van der Waals surface area contributed by atoms with Crippen LogP contribution in [0.2, 0.25) is 0 Å². The van der Waals surface area contributed by atoms with E-state index < -0.39 is 0 Å². The number of nitrogens with zero attached hydrogens (tertiary/aromatic N) is 2. The highest BCUT2D eigenvalue weighted by atomic mass is 16.5. The molecule has 21 heavy (non-hydrogen) atoms. The van der Waals surface area contributed by atoms with E-state index in [1.54, 1.807) is 43.1 Å². The predicted octanol–water partition coefficient (Wildman–Crippen LogP) is 2.62. The molecular formula is C16H22N2O3. The van der Waals surface area contributed by atoms with Crippen molar-refractivity contribution in [3.8, 4) is 0 Å². The lowest BCUT2D eigenvalue weighted by atomic mass is 10.1. The summed E-state index contributed by atoms with van der Waals surface area (Å²) in [6.07, 6.45) is 3.42. The first-order valence-electron chi connectivity index (χ1n) is 7.46. The summed E-state index contributed by atoms with van der Waals surface area (Å²) in [5, 5.41) is 3.78. The van der Waals surface area contributed by atoms with Crippen LogP contribution in [0.3, 0.4) is 0 Å². The molecule has 1 heterocycles. The highest BCUT2D eigenvalue weighted by Gasteiger charge is 2.22. The largest absolute Gasteiger partial charge is 0.462 e. The maximum absolute atomic E-state index is 12.0. The summed E-state index contributed by atoms with van der Waals surface area (Å²) in [6, 6.07) is 6.99. The summed E-state index contributed by atoms with van der Waals surface area (Å²) in [6.45, 7) is 5.47. The van der Waals surface area contributed by atoms with Gasteiger partial charge in [0.05, 0.1) is 17.9 Å². The average molecular weight is 290 g/mol. The molecule has 0 aromatic heterocycles. The molecule has 0 N–H and O–H groups in total. The standard InChI is InChI=1S/C16H22N2O3/c1-3-21-16(20)14-7-9-15(10-8-14)18(13(2)19)17-11-5-4-6-12-17/h7-10H,3-6,11-12H2,1-2H3. The quantitative estimate of drug-likeness (QED) is 0.800. The van der Waals surface area contributed by atoms with E-state index in [0.717, 1.165) is 31.6 Å². The first-order valence-corrected chi connectivity index (χ1v) is 7.46. The maximum atomic E-state index is 12.0. The Morgan fingerprint density at radius 2 is 1.76 bits per heavy atom. The molecule has 1 fully saturated rings. The van der Waals surface area contributed by atoms with Gasteiger partial charge in [0.15, 0.2) is 0 Å². The highest BCUT2D eigenvalue weighted by molar-refractivity contribution is 5.93. The van der Waals surface area contributed by atoms with Crippen LogP contribution in [0, 0.1) is 0 Å². The minimum absolute atomic E-state index is 0.0132. The Balaban J connectivity index is 2.17. The van der Waals surface area contributed by atoms with Gasteiger partial charge >= 0.3 is 5.97 Å². The summed E-state index contributed by atoms with van der Waals surface area (Å²) in [4.78, 5) is 23.6. The fourth-order valence-electron chi connectivity index (χ4n) is 2.57. The van der Waals surface area contributed by atoms with Crippen LogP contribution in [0.5, 0.6) is 0 Å². The minimum Gasteiger partial charge on any atom is -0.462 e. The summed E-state index contributed by atoms with van der Waals surface area (Å²) in [5.41, 5.74) is 1.29. The van der Waals surface area contributed by atoms with Gasteiger partial charge in [-0.05, 0) is 44.0 Å². The van der Waals surface area contributed by atoms with Gasteiger partial charge in [0.2, 0.25) is 5.91 Å². The number of ether oxygens (including phenoxy) is 1. The van der Waals surface area contributed by atoms with Gasteiger partial charge < -0.3 is 4.74 Å². The number of rotatable bonds is 4. The molecule has 1 aromatic rings. The molecule has 1 amide bonds. The monoisotopic (exact) mass is 290 g/mol. The molecule has 0 saturated carbocycles. The Bertz CT molecular complexity index is 493. The molecule has 1 saturated heterocycles. The van der Waals surface area contributed by atoms with E-state index >= 15 is 0 Å². The number of benzene rings is 1. The second-order valence-corrected chi connectivity index (χ2v) is 5.11. The predicted molar refractivity (Wildman–Crippen MR) is 81.0 cm³/mol. The number of esters is 1. The third-order valence-electron chi connectivity index (χ3n) is 3.54. The number of hydrazine groups is 1. The Labute approximate surface area is 125 Å². The number of anilines is 1. The molecule has 0 spiro atoms. The molecule has 1 aromatic carbocycles. The number of piperidine rings is 1. The molecule has 114 valence electrons. The van der Waals surface area contributed by atoms with Gasteiger partial charge in [-0.1, -0.05) is 6.42 Å². The zero-order chi connectivity index (χ0) is 15.2. The lowest BCUT2D eigenvalue weighted by molar-refractivity contribution is -0.119. The van der Waals surface area contributed by atoms with Crippen molar-refractivity contribution in [3.05, 3.63) is 29.8 Å². The topological polar surface area (TPSA) is 49.9 Å². The van der Waals surface area contributed by atoms with E-state index in [1.165, 1.54) is 6.42 Å². The Kier molecular flexibility index (Phi) is 5.33. The number of hydrogen-bond acceptors (Lipinski definition) is 4. The van der Waals surface area contributed by atoms with Crippen LogP contribution in [0.4, 0.5) is 5.69 Å². The molecule has 1 aliphatic heterocycles. The highest BCUT2D eigenvalue weighted by Crippen LogP contribution is 2.21. The van der Waals surface area contributed by atoms with E-state index in [4.69, 9.17) is 4.74 Å². The molecule has 0 aliphatic carbocycles. The van der Waals surface area contributed by atoms with Crippen molar-refractivity contribution in [2.24, 2.45) is 0 Å². The van der Waals surface area contributed by atoms with Gasteiger partial charge in [-0.3, -0.25) is 4.79 Å². The molecule has 2 rings (SSSR count). The zero-order valence-electron chi connectivity index (χ0n) is 12.7. The molecule has 5 heteroatoms. The molecule has 5 nitrogen and oxygen atoms in total. The fourth-order valence-corrected chi connectivity index (χ4v) is 2.57. The van der Waals surface area contributed by atoms with Gasteiger partial charge in [-0.2, -0.15) is 0 Å². The van der Waals surface area contributed by atoms with Gasteiger partial charge in [0.25, 0.3) is 0 Å². The second kappa shape index (κ2) is 7.22. The summed E-state index contributed by atoms with van der Waals surface area (Å²) < 4.78 is 4.96. The molecule has 0 unspecified atom stereocenters. The van der Waals surface area contributed by atoms with Crippen LogP contribution in [0.1, 0.15) is 43.5 Å². The molecule has 1 aliphatic rings. The minimum atomic E-state index is -0.337. The summed E-state index contributed by atoms with van der Waals surface area (Å²) in [5.74, 6) is -0.350. The van der Waals surface area contributed by atoms with Crippen molar-refractivity contribution < 1.29 is 14.3 Å². The Hall–Kier alpha value is -1.88. The van der Waals surface area contributed by atoms with Crippen molar-refractivity contribution in [1.82, 2.24) is 5.01 Å². The van der Waals surface area contributed by atoms with Gasteiger partial charge in [-0.15, -0.1) is 0 Å². The van der Waals surface area contributed by atoms with Crippen LogP contribution < -0.4 is 5.01 Å². The third-order valence-corrected chi connectivity index (χ3v) is 3.54. The lowest BCUT2D eigenvalue weighted by Crippen LogP contribution is -2.48. The lowest BCUT2D eigenvalue weighted by Gasteiger charge is -2.36. The van der Waals surface area contributed by atoms with Crippen molar-refractivity contribution >= 4 is 17.6 Å². The van der Waals surface area contributed by atoms with Gasteiger partial charge in [0.1, 0.15) is 0 Å². The van der Waals surface area contributed by atoms with Gasteiger partial charge in [0, 0.05) is 20.0 Å². The maximum Gasteiger partial charge on any atom is 0.338 e. The molecule has 0 radical (unpaired) electrons. The van der Waals surface area contributed by atoms with Crippen molar-refractivity contribution in [1.29, 1.82) is 0 Å². The second-order valence-electron chi connectivity index (χ2n) is 5.11. The molecule has 0 bridgehead atoms. The van der Waals surface area contributed by atoms with Gasteiger partial charge in [-0.25, -0.2) is 14.8 Å². The number of carbonyl (C=O) groups is 2. The first kappa shape index (κ1) is 15.5. The Morgan fingerprint density at radius 1 is 1.14 bits per heavy atom. The number of amides is 1. The zero-order valence-corrected chi connectivity index (χ0v) is 12.7. The normalized spacial score (nSPS) is 15.5. The van der Waals surface area contributed by atoms with E-state index in [9.17, 15) is 9.59 Å². The number of hydrogen-bond donors (Lipinski definition) is 0. The van der Waals surface area contributed by atoms with E-state index in [-0.39, 0.29) is 11.9 Å². The number of carbonyl (C=O) groups excluding carboxylic acids is 2. The SMILES string of the molecule is CCOC(=O)c1ccc(N(C(C)=O)N2CCCCC2)cc1. The van der Waals surface area contributed by atoms with E-state index in [0.29, 0.717) is 12.2 Å². The van der Waals surface area contributed by atoms with Crippen LogP contribution >= 0.6 is 0 Å². The Morgan fingerprint density at radius 3 is 2.29 bits per heavy atom. The molecular weight excluding hydrogens is 268 g/mol. The van der Waals surface area contributed by atoms with Crippen molar-refractivity contribution in [2.75, 3.05) is 24.7 Å². The van der Waals surface area contributed by atoms with Crippen LogP contribution in [-0.2, 0) is 9.53 Å². The van der Waals surface area contributed by atoms with Crippen LogP contribution in [-0.4, -0.2) is 36.6 Å². The van der Waals surface area contributed by atoms with E-state index in [1.807, 2.05) is 0 Å². The third kappa shape index (κ3) is 3.82.